The lowest BCUT2D eigenvalue weighted by atomic mass is 9.76. The summed E-state index contributed by atoms with van der Waals surface area (Å²) >= 11 is 2.48. The van der Waals surface area contributed by atoms with Crippen molar-refractivity contribution in [3.8, 4) is 0 Å². The molecule has 0 heterocycles. The fourth-order valence-electron chi connectivity index (χ4n) is 5.11. The number of benzene rings is 2. The van der Waals surface area contributed by atoms with Gasteiger partial charge in [0.1, 0.15) is 0 Å². The second-order valence-corrected chi connectivity index (χ2v) is 9.35. The molecule has 2 aromatic carbocycles. The summed E-state index contributed by atoms with van der Waals surface area (Å²) in [5.74, 6) is 0.560. The summed E-state index contributed by atoms with van der Waals surface area (Å²) in [7, 11) is 0. The van der Waals surface area contributed by atoms with Gasteiger partial charge in [-0.05, 0) is 81.3 Å². The van der Waals surface area contributed by atoms with E-state index in [2.05, 4.69) is 97.1 Å². The highest BCUT2D eigenvalue weighted by Gasteiger charge is 2.42. The normalized spacial score (nSPS) is 22.2. The minimum Gasteiger partial charge on any atom is -0.0836 e. The number of hydrogen-bond donors (Lipinski definition) is 0. The van der Waals surface area contributed by atoms with Gasteiger partial charge in [0.25, 0.3) is 0 Å². The highest BCUT2D eigenvalue weighted by molar-refractivity contribution is 14.1. The van der Waals surface area contributed by atoms with Crippen LogP contribution in [0.15, 0.2) is 60.2 Å². The summed E-state index contributed by atoms with van der Waals surface area (Å²) in [5, 5.41) is 0. The number of allylic oxidation sites excluding steroid dienone is 5. The van der Waals surface area contributed by atoms with Crippen LogP contribution in [0.25, 0.3) is 11.6 Å². The minimum atomic E-state index is 0.129. The lowest BCUT2D eigenvalue weighted by Crippen LogP contribution is -2.18. The van der Waals surface area contributed by atoms with Gasteiger partial charge in [-0.3, -0.25) is 0 Å². The van der Waals surface area contributed by atoms with Crippen molar-refractivity contribution >= 4 is 34.2 Å². The molecule has 0 N–H and O–H groups in total. The van der Waals surface area contributed by atoms with E-state index < -0.39 is 0 Å². The molecule has 0 aromatic heterocycles. The predicted molar refractivity (Wildman–Crippen MR) is 119 cm³/mol. The van der Waals surface area contributed by atoms with Crippen LogP contribution < -0.4 is 0 Å². The van der Waals surface area contributed by atoms with Gasteiger partial charge in [0.05, 0.1) is 0 Å². The van der Waals surface area contributed by atoms with Gasteiger partial charge in [0, 0.05) is 14.9 Å². The Morgan fingerprint density at radius 2 is 1.92 bits per heavy atom. The van der Waals surface area contributed by atoms with Gasteiger partial charge in [0.2, 0.25) is 0 Å². The van der Waals surface area contributed by atoms with E-state index in [4.69, 9.17) is 0 Å². The molecule has 0 saturated heterocycles. The van der Waals surface area contributed by atoms with Crippen LogP contribution in [-0.2, 0) is 11.8 Å². The first kappa shape index (κ1) is 16.6. The largest absolute Gasteiger partial charge is 0.0836 e. The van der Waals surface area contributed by atoms with Gasteiger partial charge < -0.3 is 0 Å². The van der Waals surface area contributed by atoms with Gasteiger partial charge >= 0.3 is 0 Å². The maximum absolute atomic E-state index is 2.51. The first-order valence-electron chi connectivity index (χ1n) is 9.57. The minimum absolute atomic E-state index is 0.129. The molecule has 1 unspecified atom stereocenters. The summed E-state index contributed by atoms with van der Waals surface area (Å²) < 4.78 is 1.37. The SMILES string of the molecule is CC1(C)C2=CC(c3ccc(I)c4c3CCC=C4)=CCC2c2ccccc21. The number of fused-ring (bicyclic) bond motifs is 4. The summed E-state index contributed by atoms with van der Waals surface area (Å²) in [6.45, 7) is 4.79. The van der Waals surface area contributed by atoms with Crippen molar-refractivity contribution in [2.24, 2.45) is 0 Å². The number of rotatable bonds is 1. The molecule has 0 bridgehead atoms. The molecule has 0 nitrogen and oxygen atoms in total. The molecule has 130 valence electrons. The zero-order valence-corrected chi connectivity index (χ0v) is 17.5. The van der Waals surface area contributed by atoms with Gasteiger partial charge in [-0.15, -0.1) is 0 Å². The maximum Gasteiger partial charge on any atom is 0.0205 e. The fourth-order valence-corrected chi connectivity index (χ4v) is 5.79. The molecule has 2 aromatic rings. The monoisotopic (exact) mass is 450 g/mol. The van der Waals surface area contributed by atoms with Crippen molar-refractivity contribution < 1.29 is 0 Å². The summed E-state index contributed by atoms with van der Waals surface area (Å²) in [4.78, 5) is 0. The van der Waals surface area contributed by atoms with Crippen LogP contribution in [0.2, 0.25) is 0 Å². The van der Waals surface area contributed by atoms with Crippen molar-refractivity contribution in [3.63, 3.8) is 0 Å². The molecule has 0 spiro atoms. The van der Waals surface area contributed by atoms with E-state index in [0.717, 1.165) is 19.3 Å². The van der Waals surface area contributed by atoms with Crippen molar-refractivity contribution in [2.75, 3.05) is 0 Å². The van der Waals surface area contributed by atoms with Gasteiger partial charge in [-0.25, -0.2) is 0 Å². The number of hydrogen-bond acceptors (Lipinski definition) is 0. The third kappa shape index (κ3) is 2.32. The van der Waals surface area contributed by atoms with Crippen LogP contribution in [0.4, 0.5) is 0 Å². The Morgan fingerprint density at radius 1 is 1.08 bits per heavy atom. The van der Waals surface area contributed by atoms with E-state index in [-0.39, 0.29) is 5.41 Å². The van der Waals surface area contributed by atoms with E-state index in [0.29, 0.717) is 5.92 Å². The third-order valence-electron chi connectivity index (χ3n) is 6.45. The second-order valence-electron chi connectivity index (χ2n) is 8.19. The molecular formula is C25H23I. The molecule has 3 aliphatic carbocycles. The molecule has 0 aliphatic heterocycles. The highest BCUT2D eigenvalue weighted by Crippen LogP contribution is 2.54. The zero-order valence-electron chi connectivity index (χ0n) is 15.4. The van der Waals surface area contributed by atoms with Gasteiger partial charge in [0.15, 0.2) is 0 Å². The average Bonchev–Trinajstić information content (AvgIpc) is 2.90. The summed E-state index contributed by atoms with van der Waals surface area (Å²) in [5.41, 5.74) is 10.6. The standard InChI is InChI=1S/C25H23I/c1-25(2)22-10-6-5-8-19(22)20-12-11-16(15-23(20)25)17-13-14-24(26)21-9-4-3-7-18(17)21/h4-6,8-11,13-15,20H,3,7,12H2,1-2H3. The lowest BCUT2D eigenvalue weighted by Gasteiger charge is -2.28. The quantitative estimate of drug-likeness (QED) is 0.409. The van der Waals surface area contributed by atoms with Crippen molar-refractivity contribution in [2.45, 2.75) is 44.4 Å². The van der Waals surface area contributed by atoms with Crippen molar-refractivity contribution in [3.05, 3.63) is 91.6 Å². The molecule has 3 aliphatic rings. The van der Waals surface area contributed by atoms with Gasteiger partial charge in [-0.1, -0.05) is 74.1 Å². The summed E-state index contributed by atoms with van der Waals surface area (Å²) in [6, 6.07) is 13.7. The molecule has 1 atom stereocenters. The zero-order chi connectivity index (χ0) is 17.9. The van der Waals surface area contributed by atoms with E-state index in [1.54, 1.807) is 5.57 Å². The van der Waals surface area contributed by atoms with E-state index in [1.807, 2.05) is 0 Å². The van der Waals surface area contributed by atoms with Crippen LogP contribution in [0.1, 0.15) is 60.4 Å². The Kier molecular flexibility index (Phi) is 3.79. The predicted octanol–water partition coefficient (Wildman–Crippen LogP) is 7.04. The van der Waals surface area contributed by atoms with Gasteiger partial charge in [-0.2, -0.15) is 0 Å². The molecule has 1 heteroatoms. The van der Waals surface area contributed by atoms with E-state index in [1.165, 1.54) is 37.0 Å². The van der Waals surface area contributed by atoms with Crippen LogP contribution >= 0.6 is 22.6 Å². The van der Waals surface area contributed by atoms with Crippen LogP contribution in [0.3, 0.4) is 0 Å². The Balaban J connectivity index is 1.64. The van der Waals surface area contributed by atoms with E-state index >= 15 is 0 Å². The molecule has 0 fully saturated rings. The number of halogens is 1. The lowest BCUT2D eigenvalue weighted by molar-refractivity contribution is 0.613. The molecular weight excluding hydrogens is 427 g/mol. The summed E-state index contributed by atoms with van der Waals surface area (Å²) in [6.07, 6.45) is 13.1. The molecule has 0 amide bonds. The Morgan fingerprint density at radius 3 is 2.81 bits per heavy atom. The van der Waals surface area contributed by atoms with Crippen LogP contribution in [0.5, 0.6) is 0 Å². The molecule has 0 radical (unpaired) electrons. The highest BCUT2D eigenvalue weighted by atomic mass is 127. The second kappa shape index (κ2) is 5.95. The molecule has 5 rings (SSSR count). The van der Waals surface area contributed by atoms with Crippen molar-refractivity contribution in [1.29, 1.82) is 0 Å². The first-order chi connectivity index (χ1) is 12.6. The molecule has 26 heavy (non-hydrogen) atoms. The topological polar surface area (TPSA) is 0 Å². The Bertz CT molecular complexity index is 1000. The third-order valence-corrected chi connectivity index (χ3v) is 7.39. The van der Waals surface area contributed by atoms with Crippen molar-refractivity contribution in [1.82, 2.24) is 0 Å². The van der Waals surface area contributed by atoms with Crippen LogP contribution in [-0.4, -0.2) is 0 Å². The van der Waals surface area contributed by atoms with Crippen LogP contribution in [0, 0.1) is 3.57 Å². The smallest absolute Gasteiger partial charge is 0.0205 e. The fraction of sp³-hybridized carbons (Fsp3) is 0.280. The Labute approximate surface area is 169 Å². The van der Waals surface area contributed by atoms with E-state index in [9.17, 15) is 0 Å². The molecule has 0 saturated carbocycles. The first-order valence-corrected chi connectivity index (χ1v) is 10.6. The average molecular weight is 450 g/mol. The Hall–Kier alpha value is -1.61. The maximum atomic E-state index is 2.51.